The lowest BCUT2D eigenvalue weighted by atomic mass is 9.98. The minimum absolute atomic E-state index is 0.0230. The summed E-state index contributed by atoms with van der Waals surface area (Å²) in [6, 6.07) is -0.286. The van der Waals surface area contributed by atoms with E-state index in [1.54, 1.807) is 0 Å². The minimum Gasteiger partial charge on any atom is -0.306 e. The van der Waals surface area contributed by atoms with Crippen molar-refractivity contribution in [2.24, 2.45) is 5.92 Å². The van der Waals surface area contributed by atoms with Crippen molar-refractivity contribution in [1.82, 2.24) is 15.1 Å². The van der Waals surface area contributed by atoms with Gasteiger partial charge in [0.25, 0.3) is 0 Å². The van der Waals surface area contributed by atoms with Crippen molar-refractivity contribution in [3.63, 3.8) is 0 Å². The van der Waals surface area contributed by atoms with E-state index in [2.05, 4.69) is 17.3 Å². The van der Waals surface area contributed by atoms with Crippen LogP contribution in [0.5, 0.6) is 0 Å². The summed E-state index contributed by atoms with van der Waals surface area (Å²) in [4.78, 5) is 27.6. The van der Waals surface area contributed by atoms with Gasteiger partial charge in [-0.1, -0.05) is 6.92 Å². The van der Waals surface area contributed by atoms with Gasteiger partial charge in [-0.25, -0.2) is 0 Å². The highest BCUT2D eigenvalue weighted by Crippen LogP contribution is 2.17. The van der Waals surface area contributed by atoms with Crippen LogP contribution in [0.25, 0.3) is 0 Å². The zero-order valence-electron chi connectivity index (χ0n) is 12.0. The summed E-state index contributed by atoms with van der Waals surface area (Å²) in [5.74, 6) is 0.544. The maximum Gasteiger partial charge on any atom is 0.246 e. The molecule has 2 heterocycles. The Labute approximate surface area is 115 Å². The molecule has 19 heavy (non-hydrogen) atoms. The molecule has 0 aliphatic carbocycles. The Bertz CT molecular complexity index is 346. The number of nitrogens with zero attached hydrogens (tertiary/aromatic N) is 2. The van der Waals surface area contributed by atoms with Crippen molar-refractivity contribution in [3.05, 3.63) is 0 Å². The summed E-state index contributed by atoms with van der Waals surface area (Å²) in [5, 5.41) is 3.30. The minimum atomic E-state index is -0.286. The van der Waals surface area contributed by atoms with E-state index in [0.717, 1.165) is 19.5 Å². The summed E-state index contributed by atoms with van der Waals surface area (Å²) >= 11 is 0. The van der Waals surface area contributed by atoms with Gasteiger partial charge in [-0.3, -0.25) is 14.5 Å². The van der Waals surface area contributed by atoms with E-state index in [1.165, 1.54) is 24.3 Å². The van der Waals surface area contributed by atoms with Crippen LogP contribution in [0, 0.1) is 5.92 Å². The summed E-state index contributed by atoms with van der Waals surface area (Å²) in [6.45, 7) is 5.64. The van der Waals surface area contributed by atoms with Crippen LogP contribution >= 0.6 is 0 Å². The van der Waals surface area contributed by atoms with E-state index in [-0.39, 0.29) is 17.9 Å². The standard InChI is InChI=1S/C14H25N3O2/c1-3-6-17-13(18)8-12(14(17)19)15-9-11-5-4-7-16(2)10-11/h11-12,15H,3-10H2,1-2H3. The molecule has 2 amide bonds. The van der Waals surface area contributed by atoms with Crippen LogP contribution < -0.4 is 5.32 Å². The molecule has 0 saturated carbocycles. The van der Waals surface area contributed by atoms with Crippen LogP contribution in [-0.2, 0) is 9.59 Å². The van der Waals surface area contributed by atoms with Gasteiger partial charge < -0.3 is 10.2 Å². The van der Waals surface area contributed by atoms with Crippen LogP contribution in [0.3, 0.4) is 0 Å². The SMILES string of the molecule is CCCN1C(=O)CC(NCC2CCCN(C)C2)C1=O. The molecule has 2 aliphatic heterocycles. The average Bonchev–Trinajstić information content (AvgIpc) is 2.65. The van der Waals surface area contributed by atoms with Crippen LogP contribution in [0.15, 0.2) is 0 Å². The second kappa shape index (κ2) is 6.48. The summed E-state index contributed by atoms with van der Waals surface area (Å²) in [6.07, 6.45) is 3.60. The van der Waals surface area contributed by atoms with Crippen molar-refractivity contribution >= 4 is 11.8 Å². The molecular weight excluding hydrogens is 242 g/mol. The van der Waals surface area contributed by atoms with E-state index in [1.807, 2.05) is 6.92 Å². The second-order valence-corrected chi connectivity index (χ2v) is 5.82. The lowest BCUT2D eigenvalue weighted by Crippen LogP contribution is -2.44. The molecule has 2 unspecified atom stereocenters. The van der Waals surface area contributed by atoms with Gasteiger partial charge in [-0.2, -0.15) is 0 Å². The van der Waals surface area contributed by atoms with Crippen LogP contribution in [0.2, 0.25) is 0 Å². The molecule has 2 fully saturated rings. The first kappa shape index (κ1) is 14.5. The maximum absolute atomic E-state index is 12.1. The molecule has 108 valence electrons. The van der Waals surface area contributed by atoms with Crippen molar-refractivity contribution in [3.8, 4) is 0 Å². The van der Waals surface area contributed by atoms with E-state index in [9.17, 15) is 9.59 Å². The van der Waals surface area contributed by atoms with Gasteiger partial charge >= 0.3 is 0 Å². The normalized spacial score (nSPS) is 29.3. The molecule has 2 atom stereocenters. The molecule has 0 aromatic rings. The third kappa shape index (κ3) is 3.54. The van der Waals surface area contributed by atoms with Gasteiger partial charge in [0, 0.05) is 13.1 Å². The Kier molecular flexibility index (Phi) is 4.93. The molecule has 2 rings (SSSR count). The Balaban J connectivity index is 1.80. The molecule has 0 bridgehead atoms. The quantitative estimate of drug-likeness (QED) is 0.735. The highest BCUT2D eigenvalue weighted by Gasteiger charge is 2.37. The topological polar surface area (TPSA) is 52.7 Å². The number of amides is 2. The Morgan fingerprint density at radius 1 is 1.37 bits per heavy atom. The van der Waals surface area contributed by atoms with E-state index < -0.39 is 0 Å². The Morgan fingerprint density at radius 2 is 2.16 bits per heavy atom. The Morgan fingerprint density at radius 3 is 2.84 bits per heavy atom. The first-order valence-corrected chi connectivity index (χ1v) is 7.38. The molecule has 5 heteroatoms. The van der Waals surface area contributed by atoms with Crippen molar-refractivity contribution in [1.29, 1.82) is 0 Å². The number of imide groups is 1. The highest BCUT2D eigenvalue weighted by molar-refractivity contribution is 6.05. The number of carbonyl (C=O) groups is 2. The maximum atomic E-state index is 12.1. The first-order valence-electron chi connectivity index (χ1n) is 7.38. The van der Waals surface area contributed by atoms with Gasteiger partial charge in [0.1, 0.15) is 0 Å². The number of piperidine rings is 1. The average molecular weight is 267 g/mol. The number of rotatable bonds is 5. The molecule has 0 aromatic heterocycles. The molecule has 2 aliphatic rings. The summed E-state index contributed by atoms with van der Waals surface area (Å²) in [7, 11) is 2.14. The third-order valence-electron chi connectivity index (χ3n) is 4.07. The van der Waals surface area contributed by atoms with Crippen LogP contribution in [0.4, 0.5) is 0 Å². The van der Waals surface area contributed by atoms with Crippen LogP contribution in [0.1, 0.15) is 32.6 Å². The fraction of sp³-hybridized carbons (Fsp3) is 0.857. The van der Waals surface area contributed by atoms with Gasteiger partial charge in [-0.05, 0) is 45.3 Å². The van der Waals surface area contributed by atoms with E-state index >= 15 is 0 Å². The molecule has 1 N–H and O–H groups in total. The highest BCUT2D eigenvalue weighted by atomic mass is 16.2. The van der Waals surface area contributed by atoms with Crippen molar-refractivity contribution < 1.29 is 9.59 Å². The molecule has 0 spiro atoms. The molecule has 0 radical (unpaired) electrons. The van der Waals surface area contributed by atoms with Gasteiger partial charge in [-0.15, -0.1) is 0 Å². The lowest BCUT2D eigenvalue weighted by molar-refractivity contribution is -0.138. The van der Waals surface area contributed by atoms with E-state index in [0.29, 0.717) is 18.9 Å². The number of likely N-dealkylation sites (tertiary alicyclic amines) is 2. The molecule has 5 nitrogen and oxygen atoms in total. The third-order valence-corrected chi connectivity index (χ3v) is 4.07. The van der Waals surface area contributed by atoms with Gasteiger partial charge in [0.15, 0.2) is 0 Å². The number of hydrogen-bond donors (Lipinski definition) is 1. The van der Waals surface area contributed by atoms with Crippen molar-refractivity contribution in [2.45, 2.75) is 38.6 Å². The van der Waals surface area contributed by atoms with E-state index in [4.69, 9.17) is 0 Å². The zero-order valence-corrected chi connectivity index (χ0v) is 12.0. The smallest absolute Gasteiger partial charge is 0.246 e. The summed E-state index contributed by atoms with van der Waals surface area (Å²) < 4.78 is 0. The van der Waals surface area contributed by atoms with Gasteiger partial charge in [0.05, 0.1) is 12.5 Å². The largest absolute Gasteiger partial charge is 0.306 e. The summed E-state index contributed by atoms with van der Waals surface area (Å²) in [5.41, 5.74) is 0. The number of carbonyl (C=O) groups excluding carboxylic acids is 2. The fourth-order valence-corrected chi connectivity index (χ4v) is 3.05. The predicted molar refractivity (Wildman–Crippen MR) is 73.6 cm³/mol. The zero-order chi connectivity index (χ0) is 13.8. The molecule has 0 aromatic carbocycles. The predicted octanol–water partition coefficient (Wildman–Crippen LogP) is 0.455. The van der Waals surface area contributed by atoms with Crippen LogP contribution in [-0.4, -0.2) is 60.9 Å². The lowest BCUT2D eigenvalue weighted by Gasteiger charge is -2.30. The first-order chi connectivity index (χ1) is 9.11. The number of nitrogens with one attached hydrogen (secondary N) is 1. The second-order valence-electron chi connectivity index (χ2n) is 5.82. The fourth-order valence-electron chi connectivity index (χ4n) is 3.05. The monoisotopic (exact) mass is 267 g/mol. The Hall–Kier alpha value is -0.940. The van der Waals surface area contributed by atoms with Crippen molar-refractivity contribution in [2.75, 3.05) is 33.2 Å². The molecule has 2 saturated heterocycles. The molecular formula is C14H25N3O2. The number of hydrogen-bond acceptors (Lipinski definition) is 4. The van der Waals surface area contributed by atoms with Gasteiger partial charge in [0.2, 0.25) is 11.8 Å².